The fraction of sp³-hybridized carbons (Fsp3) is 0.167. The standard InChI is InChI=1S/C12H12ClN5O3/c13-9-3-1-8(2-4-9)5-14-12(21)15-10-6-18(17-16-10)7-11(19)20/h1-4,6H,5,7H2,(H,19,20)(H2,14,15,21). The molecular formula is C12H12ClN5O3. The van der Waals surface area contributed by atoms with Crippen molar-refractivity contribution in [3.05, 3.63) is 41.0 Å². The van der Waals surface area contributed by atoms with Gasteiger partial charge in [-0.3, -0.25) is 10.1 Å². The number of hydrogen-bond donors (Lipinski definition) is 3. The van der Waals surface area contributed by atoms with Crippen LogP contribution in [0.1, 0.15) is 5.56 Å². The van der Waals surface area contributed by atoms with E-state index in [0.717, 1.165) is 10.2 Å². The van der Waals surface area contributed by atoms with Crippen LogP contribution in [0.5, 0.6) is 0 Å². The van der Waals surface area contributed by atoms with Crippen LogP contribution >= 0.6 is 11.6 Å². The first-order chi connectivity index (χ1) is 10.0. The molecule has 0 aliphatic heterocycles. The maximum Gasteiger partial charge on any atom is 0.325 e. The van der Waals surface area contributed by atoms with Gasteiger partial charge >= 0.3 is 12.0 Å². The molecule has 2 rings (SSSR count). The van der Waals surface area contributed by atoms with Gasteiger partial charge in [0.2, 0.25) is 0 Å². The van der Waals surface area contributed by atoms with Crippen LogP contribution in [0, 0.1) is 0 Å². The molecule has 110 valence electrons. The van der Waals surface area contributed by atoms with Gasteiger partial charge in [-0.25, -0.2) is 9.48 Å². The Hall–Kier alpha value is -2.61. The third-order valence-electron chi connectivity index (χ3n) is 2.44. The van der Waals surface area contributed by atoms with Gasteiger partial charge in [0.1, 0.15) is 6.54 Å². The topological polar surface area (TPSA) is 109 Å². The van der Waals surface area contributed by atoms with Crippen molar-refractivity contribution >= 4 is 29.4 Å². The minimum absolute atomic E-state index is 0.171. The number of carboxylic acid groups (broad SMARTS) is 1. The molecule has 0 saturated carbocycles. The Morgan fingerprint density at radius 1 is 1.29 bits per heavy atom. The van der Waals surface area contributed by atoms with Gasteiger partial charge < -0.3 is 10.4 Å². The van der Waals surface area contributed by atoms with E-state index in [-0.39, 0.29) is 12.4 Å². The van der Waals surface area contributed by atoms with Crippen molar-refractivity contribution < 1.29 is 14.7 Å². The van der Waals surface area contributed by atoms with Crippen molar-refractivity contribution in [3.63, 3.8) is 0 Å². The molecule has 0 radical (unpaired) electrons. The number of nitrogens with zero attached hydrogens (tertiary/aromatic N) is 3. The third kappa shape index (κ3) is 4.77. The predicted molar refractivity (Wildman–Crippen MR) is 75.0 cm³/mol. The summed E-state index contributed by atoms with van der Waals surface area (Å²) in [6.07, 6.45) is 1.33. The fourth-order valence-electron chi connectivity index (χ4n) is 1.52. The molecule has 0 fully saturated rings. The fourth-order valence-corrected chi connectivity index (χ4v) is 1.64. The van der Waals surface area contributed by atoms with Gasteiger partial charge in [0.25, 0.3) is 0 Å². The van der Waals surface area contributed by atoms with E-state index in [1.54, 1.807) is 24.3 Å². The summed E-state index contributed by atoms with van der Waals surface area (Å²) >= 11 is 5.76. The number of hydrogen-bond acceptors (Lipinski definition) is 4. The highest BCUT2D eigenvalue weighted by Gasteiger charge is 2.07. The maximum absolute atomic E-state index is 11.6. The highest BCUT2D eigenvalue weighted by Crippen LogP contribution is 2.09. The molecular weight excluding hydrogens is 298 g/mol. The number of nitrogens with one attached hydrogen (secondary N) is 2. The molecule has 2 amide bonds. The van der Waals surface area contributed by atoms with E-state index in [0.29, 0.717) is 11.6 Å². The van der Waals surface area contributed by atoms with Gasteiger partial charge in [-0.15, -0.1) is 5.10 Å². The maximum atomic E-state index is 11.6. The number of carbonyl (C=O) groups is 2. The Morgan fingerprint density at radius 2 is 2.00 bits per heavy atom. The number of carbonyl (C=O) groups excluding carboxylic acids is 1. The van der Waals surface area contributed by atoms with Crippen molar-refractivity contribution in [1.82, 2.24) is 20.3 Å². The Labute approximate surface area is 124 Å². The summed E-state index contributed by atoms with van der Waals surface area (Å²) in [5.74, 6) is -0.872. The first-order valence-corrected chi connectivity index (χ1v) is 6.32. The van der Waals surface area contributed by atoms with Crippen molar-refractivity contribution in [1.29, 1.82) is 0 Å². The second kappa shape index (κ2) is 6.71. The number of amides is 2. The van der Waals surface area contributed by atoms with Crippen molar-refractivity contribution in [2.75, 3.05) is 5.32 Å². The lowest BCUT2D eigenvalue weighted by Crippen LogP contribution is -2.28. The largest absolute Gasteiger partial charge is 0.480 e. The molecule has 0 unspecified atom stereocenters. The average Bonchev–Trinajstić information content (AvgIpc) is 2.84. The zero-order valence-electron chi connectivity index (χ0n) is 10.8. The van der Waals surface area contributed by atoms with Gasteiger partial charge in [0.15, 0.2) is 5.82 Å². The van der Waals surface area contributed by atoms with Crippen LogP contribution in [0.15, 0.2) is 30.5 Å². The van der Waals surface area contributed by atoms with Gasteiger partial charge in [-0.2, -0.15) is 0 Å². The van der Waals surface area contributed by atoms with E-state index in [1.807, 2.05) is 0 Å². The number of halogens is 1. The lowest BCUT2D eigenvalue weighted by Gasteiger charge is -2.05. The van der Waals surface area contributed by atoms with Gasteiger partial charge in [0, 0.05) is 11.6 Å². The van der Waals surface area contributed by atoms with E-state index >= 15 is 0 Å². The van der Waals surface area contributed by atoms with E-state index in [1.165, 1.54) is 6.20 Å². The number of carboxylic acids is 1. The van der Waals surface area contributed by atoms with E-state index in [4.69, 9.17) is 16.7 Å². The lowest BCUT2D eigenvalue weighted by molar-refractivity contribution is -0.137. The summed E-state index contributed by atoms with van der Waals surface area (Å²) in [5, 5.41) is 21.5. The van der Waals surface area contributed by atoms with Gasteiger partial charge in [-0.05, 0) is 17.7 Å². The molecule has 0 saturated heterocycles. The summed E-state index contributed by atoms with van der Waals surface area (Å²) in [5.41, 5.74) is 0.893. The average molecular weight is 310 g/mol. The van der Waals surface area contributed by atoms with Crippen molar-refractivity contribution in [3.8, 4) is 0 Å². The Morgan fingerprint density at radius 3 is 2.67 bits per heavy atom. The highest BCUT2D eigenvalue weighted by atomic mass is 35.5. The monoisotopic (exact) mass is 309 g/mol. The van der Waals surface area contributed by atoms with Gasteiger partial charge in [-0.1, -0.05) is 28.9 Å². The first kappa shape index (κ1) is 14.8. The molecule has 0 aliphatic rings. The molecule has 0 aliphatic carbocycles. The lowest BCUT2D eigenvalue weighted by atomic mass is 10.2. The Bertz CT molecular complexity index is 641. The molecule has 3 N–H and O–H groups in total. The summed E-state index contributed by atoms with van der Waals surface area (Å²) in [7, 11) is 0. The van der Waals surface area contributed by atoms with Crippen LogP contribution in [0.4, 0.5) is 10.6 Å². The SMILES string of the molecule is O=C(O)Cn1cc(NC(=O)NCc2ccc(Cl)cc2)nn1. The summed E-state index contributed by atoms with van der Waals surface area (Å²) in [4.78, 5) is 22.1. The smallest absolute Gasteiger partial charge is 0.325 e. The highest BCUT2D eigenvalue weighted by molar-refractivity contribution is 6.30. The van der Waals surface area contributed by atoms with Crippen LogP contribution < -0.4 is 10.6 Å². The molecule has 0 bridgehead atoms. The molecule has 0 spiro atoms. The molecule has 21 heavy (non-hydrogen) atoms. The van der Waals surface area contributed by atoms with Crippen LogP contribution in [0.2, 0.25) is 5.02 Å². The molecule has 1 aromatic heterocycles. The molecule has 9 heteroatoms. The number of aromatic nitrogens is 3. The second-order valence-electron chi connectivity index (χ2n) is 4.13. The summed E-state index contributed by atoms with van der Waals surface area (Å²) in [6.45, 7) is 0.00728. The van der Waals surface area contributed by atoms with Gasteiger partial charge in [0.05, 0.1) is 6.20 Å². The second-order valence-corrected chi connectivity index (χ2v) is 4.57. The zero-order chi connectivity index (χ0) is 15.2. The number of benzene rings is 1. The summed E-state index contributed by atoms with van der Waals surface area (Å²) < 4.78 is 1.11. The first-order valence-electron chi connectivity index (χ1n) is 5.94. The van der Waals surface area contributed by atoms with Crippen LogP contribution in [-0.4, -0.2) is 32.1 Å². The number of aliphatic carboxylic acids is 1. The van der Waals surface area contributed by atoms with E-state index < -0.39 is 12.0 Å². The Kier molecular flexibility index (Phi) is 4.72. The zero-order valence-corrected chi connectivity index (χ0v) is 11.5. The van der Waals surface area contributed by atoms with Crippen LogP contribution in [0.3, 0.4) is 0 Å². The Balaban J connectivity index is 1.82. The van der Waals surface area contributed by atoms with Crippen LogP contribution in [-0.2, 0) is 17.9 Å². The quantitative estimate of drug-likeness (QED) is 0.772. The molecule has 1 heterocycles. The van der Waals surface area contributed by atoms with E-state index in [2.05, 4.69) is 20.9 Å². The molecule has 2 aromatic rings. The molecule has 1 aromatic carbocycles. The normalized spacial score (nSPS) is 10.1. The number of urea groups is 1. The van der Waals surface area contributed by atoms with Crippen LogP contribution in [0.25, 0.3) is 0 Å². The predicted octanol–water partition coefficient (Wildman–Crippen LogP) is 1.34. The molecule has 8 nitrogen and oxygen atoms in total. The third-order valence-corrected chi connectivity index (χ3v) is 2.70. The number of anilines is 1. The number of rotatable bonds is 5. The van der Waals surface area contributed by atoms with Crippen molar-refractivity contribution in [2.45, 2.75) is 13.1 Å². The summed E-state index contributed by atoms with van der Waals surface area (Å²) in [6, 6.07) is 6.59. The minimum Gasteiger partial charge on any atom is -0.480 e. The minimum atomic E-state index is -1.04. The van der Waals surface area contributed by atoms with Crippen molar-refractivity contribution in [2.24, 2.45) is 0 Å². The molecule has 0 atom stereocenters. The van der Waals surface area contributed by atoms with E-state index in [9.17, 15) is 9.59 Å².